The van der Waals surface area contributed by atoms with E-state index in [1.54, 1.807) is 13.0 Å². The van der Waals surface area contributed by atoms with E-state index in [4.69, 9.17) is 10.2 Å². The molecule has 4 nitrogen and oxygen atoms in total. The van der Waals surface area contributed by atoms with Crippen molar-refractivity contribution in [2.24, 2.45) is 5.73 Å². The van der Waals surface area contributed by atoms with Crippen molar-refractivity contribution in [2.45, 2.75) is 26.8 Å². The number of hydrogen-bond acceptors (Lipinski definition) is 4. The van der Waals surface area contributed by atoms with Gasteiger partial charge in [0.1, 0.15) is 11.3 Å². The van der Waals surface area contributed by atoms with Gasteiger partial charge in [-0.3, -0.25) is 4.79 Å². The Bertz CT molecular complexity index is 961. The third-order valence-corrected chi connectivity index (χ3v) is 3.86. The number of benzene rings is 1. The zero-order chi connectivity index (χ0) is 16.7. The first-order valence-corrected chi connectivity index (χ1v) is 7.34. The first-order valence-electron chi connectivity index (χ1n) is 7.34. The van der Waals surface area contributed by atoms with E-state index in [9.17, 15) is 9.18 Å². The Kier molecular flexibility index (Phi) is 3.74. The Morgan fingerprint density at radius 2 is 2.04 bits per heavy atom. The molecule has 1 unspecified atom stereocenters. The zero-order valence-corrected chi connectivity index (χ0v) is 13.2. The van der Waals surface area contributed by atoms with E-state index in [2.05, 4.69) is 4.98 Å². The van der Waals surface area contributed by atoms with Gasteiger partial charge in [-0.2, -0.15) is 0 Å². The van der Waals surface area contributed by atoms with E-state index >= 15 is 0 Å². The second-order valence-electron chi connectivity index (χ2n) is 5.74. The number of hydrogen-bond donors (Lipinski definition) is 1. The van der Waals surface area contributed by atoms with Gasteiger partial charge in [0, 0.05) is 23.4 Å². The Balaban J connectivity index is 2.45. The van der Waals surface area contributed by atoms with Crippen molar-refractivity contribution >= 4 is 11.0 Å². The van der Waals surface area contributed by atoms with Gasteiger partial charge >= 0.3 is 0 Å². The van der Waals surface area contributed by atoms with E-state index in [1.165, 1.54) is 18.3 Å². The van der Waals surface area contributed by atoms with Crippen LogP contribution in [0.15, 0.2) is 39.7 Å². The summed E-state index contributed by atoms with van der Waals surface area (Å²) in [6.45, 7) is 5.32. The van der Waals surface area contributed by atoms with Crippen molar-refractivity contribution in [1.82, 2.24) is 4.98 Å². The smallest absolute Gasteiger partial charge is 0.196 e. The van der Waals surface area contributed by atoms with Gasteiger partial charge in [-0.15, -0.1) is 0 Å². The Morgan fingerprint density at radius 1 is 1.30 bits per heavy atom. The summed E-state index contributed by atoms with van der Waals surface area (Å²) < 4.78 is 20.0. The van der Waals surface area contributed by atoms with Crippen LogP contribution in [0.3, 0.4) is 0 Å². The monoisotopic (exact) mass is 312 g/mol. The molecule has 5 heteroatoms. The van der Waals surface area contributed by atoms with Gasteiger partial charge < -0.3 is 10.2 Å². The molecule has 3 rings (SSSR count). The predicted octanol–water partition coefficient (Wildman–Crippen LogP) is 3.63. The predicted molar refractivity (Wildman–Crippen MR) is 87.7 cm³/mol. The van der Waals surface area contributed by atoms with Crippen LogP contribution in [-0.4, -0.2) is 4.98 Å². The summed E-state index contributed by atoms with van der Waals surface area (Å²) in [5.41, 5.74) is 8.20. The van der Waals surface area contributed by atoms with Crippen molar-refractivity contribution < 1.29 is 8.81 Å². The first kappa shape index (κ1) is 15.4. The summed E-state index contributed by atoms with van der Waals surface area (Å²) in [7, 11) is 0. The van der Waals surface area contributed by atoms with Crippen molar-refractivity contribution in [3.8, 4) is 11.5 Å². The van der Waals surface area contributed by atoms with Crippen LogP contribution in [0.5, 0.6) is 0 Å². The molecule has 0 spiro atoms. The normalized spacial score (nSPS) is 12.6. The fourth-order valence-corrected chi connectivity index (χ4v) is 2.68. The number of rotatable bonds is 2. The van der Waals surface area contributed by atoms with Crippen LogP contribution >= 0.6 is 0 Å². The van der Waals surface area contributed by atoms with Crippen molar-refractivity contribution in [3.63, 3.8) is 0 Å². The number of fused-ring (bicyclic) bond motifs is 1. The lowest BCUT2D eigenvalue weighted by Gasteiger charge is -2.13. The number of nitrogens with zero attached hydrogens (tertiary/aromatic N) is 1. The highest BCUT2D eigenvalue weighted by Gasteiger charge is 2.19. The highest BCUT2D eigenvalue weighted by molar-refractivity contribution is 5.84. The van der Waals surface area contributed by atoms with Gasteiger partial charge in [-0.05, 0) is 44.5 Å². The molecular formula is C18H17FN2O2. The molecule has 1 aromatic carbocycles. The molecule has 0 saturated heterocycles. The van der Waals surface area contributed by atoms with Crippen LogP contribution in [0.2, 0.25) is 0 Å². The quantitative estimate of drug-likeness (QED) is 0.784. The first-order chi connectivity index (χ1) is 10.9. The number of halogens is 1. The van der Waals surface area contributed by atoms with E-state index in [0.29, 0.717) is 16.5 Å². The van der Waals surface area contributed by atoms with Crippen LogP contribution in [0, 0.1) is 19.7 Å². The number of nitrogens with two attached hydrogens (primary N) is 1. The second-order valence-corrected chi connectivity index (χ2v) is 5.74. The number of pyridine rings is 1. The molecule has 1 atom stereocenters. The van der Waals surface area contributed by atoms with Gasteiger partial charge in [-0.1, -0.05) is 6.07 Å². The standard InChI is InChI=1S/C18H17FN2O2/c1-9-7-12(11(3)20)18-13(8-9)16(22)10(2)17(23-18)15-14(19)5-4-6-21-15/h4-8,11H,20H2,1-3H3. The van der Waals surface area contributed by atoms with E-state index in [0.717, 1.165) is 11.1 Å². The average molecular weight is 312 g/mol. The highest BCUT2D eigenvalue weighted by atomic mass is 19.1. The number of aromatic nitrogens is 1. The molecule has 2 aromatic heterocycles. The summed E-state index contributed by atoms with van der Waals surface area (Å²) in [5, 5.41) is 0.454. The third kappa shape index (κ3) is 2.53. The lowest BCUT2D eigenvalue weighted by atomic mass is 10.00. The molecule has 0 aliphatic rings. The molecule has 3 aromatic rings. The third-order valence-electron chi connectivity index (χ3n) is 3.86. The SMILES string of the molecule is Cc1cc(C(C)N)c2oc(-c3ncccc3F)c(C)c(=O)c2c1. The van der Waals surface area contributed by atoms with Crippen LogP contribution in [0.25, 0.3) is 22.4 Å². The molecule has 0 saturated carbocycles. The summed E-state index contributed by atoms with van der Waals surface area (Å²) in [6.07, 6.45) is 1.46. The minimum atomic E-state index is -0.535. The summed E-state index contributed by atoms with van der Waals surface area (Å²) in [6, 6.07) is 6.10. The fraction of sp³-hybridized carbons (Fsp3) is 0.222. The van der Waals surface area contributed by atoms with Gasteiger partial charge in [0.15, 0.2) is 17.0 Å². The van der Waals surface area contributed by atoms with Crippen molar-refractivity contribution in [3.05, 3.63) is 63.2 Å². The molecular weight excluding hydrogens is 295 g/mol. The maximum atomic E-state index is 14.1. The van der Waals surface area contributed by atoms with Gasteiger partial charge in [0.25, 0.3) is 0 Å². The summed E-state index contributed by atoms with van der Waals surface area (Å²) >= 11 is 0. The zero-order valence-electron chi connectivity index (χ0n) is 13.2. The van der Waals surface area contributed by atoms with E-state index in [1.807, 2.05) is 19.9 Å². The molecule has 2 N–H and O–H groups in total. The Morgan fingerprint density at radius 3 is 2.70 bits per heavy atom. The van der Waals surface area contributed by atoms with Gasteiger partial charge in [0.2, 0.25) is 0 Å². The van der Waals surface area contributed by atoms with Crippen LogP contribution in [0.1, 0.15) is 29.7 Å². The Labute approximate surface area is 132 Å². The van der Waals surface area contributed by atoms with Crippen LogP contribution in [-0.2, 0) is 0 Å². The van der Waals surface area contributed by atoms with Crippen LogP contribution in [0.4, 0.5) is 4.39 Å². The van der Waals surface area contributed by atoms with Crippen LogP contribution < -0.4 is 11.2 Å². The average Bonchev–Trinajstić information content (AvgIpc) is 2.51. The summed E-state index contributed by atoms with van der Waals surface area (Å²) in [5.74, 6) is -0.390. The largest absolute Gasteiger partial charge is 0.453 e. The topological polar surface area (TPSA) is 69.1 Å². The lowest BCUT2D eigenvalue weighted by Crippen LogP contribution is -2.12. The molecule has 2 heterocycles. The minimum Gasteiger partial charge on any atom is -0.453 e. The molecule has 118 valence electrons. The summed E-state index contributed by atoms with van der Waals surface area (Å²) in [4.78, 5) is 16.7. The minimum absolute atomic E-state index is 0.0280. The Hall–Kier alpha value is -2.53. The molecule has 0 amide bonds. The molecule has 0 bridgehead atoms. The molecule has 0 aliphatic carbocycles. The number of aryl methyl sites for hydroxylation is 1. The van der Waals surface area contributed by atoms with Crippen molar-refractivity contribution in [1.29, 1.82) is 0 Å². The van der Waals surface area contributed by atoms with Crippen molar-refractivity contribution in [2.75, 3.05) is 0 Å². The maximum absolute atomic E-state index is 14.1. The lowest BCUT2D eigenvalue weighted by molar-refractivity contribution is 0.578. The van der Waals surface area contributed by atoms with E-state index < -0.39 is 5.82 Å². The fourth-order valence-electron chi connectivity index (χ4n) is 2.68. The molecule has 0 aliphatic heterocycles. The molecule has 0 radical (unpaired) electrons. The maximum Gasteiger partial charge on any atom is 0.196 e. The van der Waals surface area contributed by atoms with Gasteiger partial charge in [0.05, 0.1) is 5.39 Å². The second kappa shape index (κ2) is 5.59. The highest BCUT2D eigenvalue weighted by Crippen LogP contribution is 2.30. The van der Waals surface area contributed by atoms with Gasteiger partial charge in [-0.25, -0.2) is 9.37 Å². The molecule has 23 heavy (non-hydrogen) atoms. The molecule has 0 fully saturated rings. The van der Waals surface area contributed by atoms with E-state index in [-0.39, 0.29) is 22.9 Å².